The number of nitrogens with zero attached hydrogens (tertiary/aromatic N) is 1. The van der Waals surface area contributed by atoms with Crippen molar-refractivity contribution < 1.29 is 0 Å². The van der Waals surface area contributed by atoms with Crippen LogP contribution in [0.1, 0.15) is 22.3 Å². The van der Waals surface area contributed by atoms with Gasteiger partial charge in [0.1, 0.15) is 0 Å². The van der Waals surface area contributed by atoms with E-state index in [1.165, 1.54) is 66.4 Å². The molecule has 65 heavy (non-hydrogen) atoms. The third-order valence-corrected chi connectivity index (χ3v) is 13.3. The third kappa shape index (κ3) is 6.60. The molecule has 0 atom stereocenters. The van der Waals surface area contributed by atoms with Gasteiger partial charge in [0, 0.05) is 11.1 Å². The van der Waals surface area contributed by atoms with E-state index in [9.17, 15) is 0 Å². The second-order valence-electron chi connectivity index (χ2n) is 17.0. The zero-order chi connectivity index (χ0) is 43.2. The molecule has 11 aromatic rings. The number of aromatic nitrogens is 1. The molecule has 0 fully saturated rings. The third-order valence-electron chi connectivity index (χ3n) is 13.3. The van der Waals surface area contributed by atoms with Crippen molar-refractivity contribution >= 4 is 10.8 Å². The van der Waals surface area contributed by atoms with E-state index < -0.39 is 5.41 Å². The molecule has 0 unspecified atom stereocenters. The Morgan fingerprint density at radius 1 is 0.277 bits per heavy atom. The van der Waals surface area contributed by atoms with Gasteiger partial charge in [-0.2, -0.15) is 0 Å². The van der Waals surface area contributed by atoms with Gasteiger partial charge < -0.3 is 0 Å². The number of fused-ring (bicyclic) bond motifs is 5. The Kier molecular flexibility index (Phi) is 9.46. The molecule has 12 rings (SSSR count). The van der Waals surface area contributed by atoms with Gasteiger partial charge in [0.15, 0.2) is 0 Å². The van der Waals surface area contributed by atoms with Crippen LogP contribution in [0.3, 0.4) is 0 Å². The summed E-state index contributed by atoms with van der Waals surface area (Å²) in [6.45, 7) is 0. The van der Waals surface area contributed by atoms with Gasteiger partial charge in [0.25, 0.3) is 0 Å². The van der Waals surface area contributed by atoms with Crippen molar-refractivity contribution in [2.24, 2.45) is 0 Å². The van der Waals surface area contributed by atoms with E-state index in [0.717, 1.165) is 44.8 Å². The van der Waals surface area contributed by atoms with Gasteiger partial charge in [0.2, 0.25) is 0 Å². The highest BCUT2D eigenvalue weighted by Crippen LogP contribution is 2.60. The minimum Gasteiger partial charge on any atom is -0.248 e. The van der Waals surface area contributed by atoms with Crippen LogP contribution in [0.5, 0.6) is 0 Å². The summed E-state index contributed by atoms with van der Waals surface area (Å²) in [6.07, 6.45) is 0. The van der Waals surface area contributed by atoms with E-state index in [-0.39, 0.29) is 0 Å². The molecule has 304 valence electrons. The van der Waals surface area contributed by atoms with E-state index >= 15 is 0 Å². The van der Waals surface area contributed by atoms with E-state index in [0.29, 0.717) is 0 Å². The molecule has 1 nitrogen and oxygen atoms in total. The molecule has 0 bridgehead atoms. The number of rotatable bonds is 8. The van der Waals surface area contributed by atoms with Gasteiger partial charge in [-0.3, -0.25) is 0 Å². The van der Waals surface area contributed by atoms with Crippen LogP contribution < -0.4 is 0 Å². The van der Waals surface area contributed by atoms with E-state index in [2.05, 4.69) is 261 Å². The van der Waals surface area contributed by atoms with Crippen molar-refractivity contribution in [3.05, 3.63) is 283 Å². The normalized spacial score (nSPS) is 12.4. The molecule has 10 aromatic carbocycles. The first kappa shape index (κ1) is 38.3. The van der Waals surface area contributed by atoms with Gasteiger partial charge in [-0.25, -0.2) is 4.98 Å². The molecule has 1 heterocycles. The van der Waals surface area contributed by atoms with Crippen LogP contribution in [0.4, 0.5) is 0 Å². The fourth-order valence-electron chi connectivity index (χ4n) is 10.4. The quantitative estimate of drug-likeness (QED) is 0.149. The summed E-state index contributed by atoms with van der Waals surface area (Å²) < 4.78 is 0. The summed E-state index contributed by atoms with van der Waals surface area (Å²) in [7, 11) is 0. The maximum atomic E-state index is 5.43. The first-order chi connectivity index (χ1) is 32.2. The Labute approximate surface area is 380 Å². The van der Waals surface area contributed by atoms with Crippen LogP contribution in [0.15, 0.2) is 261 Å². The van der Waals surface area contributed by atoms with Crippen LogP contribution >= 0.6 is 0 Å². The summed E-state index contributed by atoms with van der Waals surface area (Å²) in [5.41, 5.74) is 20.5. The summed E-state index contributed by atoms with van der Waals surface area (Å²) >= 11 is 0. The monoisotopic (exact) mass is 825 g/mol. The average Bonchev–Trinajstić information content (AvgIpc) is 3.72. The molecule has 1 aliphatic carbocycles. The lowest BCUT2D eigenvalue weighted by Gasteiger charge is -2.35. The van der Waals surface area contributed by atoms with E-state index in [1.54, 1.807) is 0 Å². The van der Waals surface area contributed by atoms with Crippen molar-refractivity contribution in [3.63, 3.8) is 0 Å². The van der Waals surface area contributed by atoms with E-state index in [1.807, 2.05) is 0 Å². The molecule has 0 saturated carbocycles. The lowest BCUT2D eigenvalue weighted by atomic mass is 9.66. The Hall–Kier alpha value is -8.39. The molecule has 0 spiro atoms. The summed E-state index contributed by atoms with van der Waals surface area (Å²) in [5.74, 6) is 0. The molecular weight excluding hydrogens is 783 g/mol. The standard InChI is InChI=1S/C64H43N/c1-5-20-44(21-6-1)46-25-18-29-51(39-46)60-42-53(43-61(65-60)52-30-19-26-47(40-52)45-22-7-2-8-23-45)48-27-17-28-49(38-48)58-41-50-24-13-14-35-56(50)63-62(58)57-36-15-16-37-59(57)64(63,54-31-9-3-10-32-54)55-33-11-4-12-34-55/h1-43H. The van der Waals surface area contributed by atoms with Crippen molar-refractivity contribution in [2.75, 3.05) is 0 Å². The smallest absolute Gasteiger partial charge is 0.0719 e. The Morgan fingerprint density at radius 3 is 1.29 bits per heavy atom. The Bertz CT molecular complexity index is 3380. The van der Waals surface area contributed by atoms with Crippen LogP contribution in [0.2, 0.25) is 0 Å². The molecule has 0 N–H and O–H groups in total. The van der Waals surface area contributed by atoms with Crippen LogP contribution in [-0.2, 0) is 5.41 Å². The van der Waals surface area contributed by atoms with Gasteiger partial charge in [-0.05, 0) is 125 Å². The molecule has 1 aromatic heterocycles. The van der Waals surface area contributed by atoms with Crippen molar-refractivity contribution in [1.29, 1.82) is 0 Å². The highest BCUT2D eigenvalue weighted by atomic mass is 14.7. The maximum Gasteiger partial charge on any atom is 0.0719 e. The first-order valence-corrected chi connectivity index (χ1v) is 22.4. The van der Waals surface area contributed by atoms with Gasteiger partial charge in [-0.1, -0.05) is 224 Å². The van der Waals surface area contributed by atoms with Crippen LogP contribution in [0, 0.1) is 0 Å². The molecule has 0 aliphatic heterocycles. The number of hydrogen-bond acceptors (Lipinski definition) is 1. The maximum absolute atomic E-state index is 5.43. The largest absolute Gasteiger partial charge is 0.248 e. The minimum absolute atomic E-state index is 0.529. The second-order valence-corrected chi connectivity index (χ2v) is 17.0. The number of benzene rings is 10. The van der Waals surface area contributed by atoms with Crippen LogP contribution in [0.25, 0.3) is 88.9 Å². The molecule has 0 saturated heterocycles. The van der Waals surface area contributed by atoms with Crippen molar-refractivity contribution in [2.45, 2.75) is 5.41 Å². The summed E-state index contributed by atoms with van der Waals surface area (Å²) in [4.78, 5) is 5.43. The molecule has 0 radical (unpaired) electrons. The fourth-order valence-corrected chi connectivity index (χ4v) is 10.4. The van der Waals surface area contributed by atoms with Gasteiger partial charge in [-0.15, -0.1) is 0 Å². The zero-order valence-corrected chi connectivity index (χ0v) is 35.8. The summed E-state index contributed by atoms with van der Waals surface area (Å²) in [5, 5.41) is 2.49. The first-order valence-electron chi connectivity index (χ1n) is 22.4. The Morgan fingerprint density at radius 2 is 0.708 bits per heavy atom. The lowest BCUT2D eigenvalue weighted by Crippen LogP contribution is -2.28. The molecule has 1 heteroatoms. The molecule has 1 aliphatic rings. The highest BCUT2D eigenvalue weighted by Gasteiger charge is 2.48. The SMILES string of the molecule is c1ccc(-c2cccc(-c3cc(-c4cccc(-c5cc6ccccc6c6c5-c5ccccc5C6(c5ccccc5)c5ccccc5)c4)cc(-c4cccc(-c5ccccc5)c4)n3)c2)cc1. The fraction of sp³-hybridized carbons (Fsp3) is 0.0156. The van der Waals surface area contributed by atoms with Gasteiger partial charge >= 0.3 is 0 Å². The van der Waals surface area contributed by atoms with E-state index in [4.69, 9.17) is 4.98 Å². The number of pyridine rings is 1. The zero-order valence-electron chi connectivity index (χ0n) is 35.8. The average molecular weight is 826 g/mol. The second kappa shape index (κ2) is 16.1. The number of hydrogen-bond donors (Lipinski definition) is 0. The predicted molar refractivity (Wildman–Crippen MR) is 272 cm³/mol. The summed E-state index contributed by atoms with van der Waals surface area (Å²) in [6, 6.07) is 95.1. The molecule has 0 amide bonds. The van der Waals surface area contributed by atoms with Crippen LogP contribution in [-0.4, -0.2) is 4.98 Å². The highest BCUT2D eigenvalue weighted by molar-refractivity contribution is 6.07. The lowest BCUT2D eigenvalue weighted by molar-refractivity contribution is 0.775. The van der Waals surface area contributed by atoms with Crippen molar-refractivity contribution in [1.82, 2.24) is 4.98 Å². The van der Waals surface area contributed by atoms with Gasteiger partial charge in [0.05, 0.1) is 16.8 Å². The Balaban J connectivity index is 1.08. The molecular formula is C64H43N. The van der Waals surface area contributed by atoms with Crippen molar-refractivity contribution in [3.8, 4) is 78.1 Å². The topological polar surface area (TPSA) is 12.9 Å². The predicted octanol–water partition coefficient (Wildman–Crippen LogP) is 16.6. The minimum atomic E-state index is -0.529.